The summed E-state index contributed by atoms with van der Waals surface area (Å²) in [4.78, 5) is 0. The monoisotopic (exact) mass is 277 g/mol. The van der Waals surface area contributed by atoms with Crippen LogP contribution in [-0.2, 0) is 0 Å². The zero-order chi connectivity index (χ0) is 14.8. The lowest BCUT2D eigenvalue weighted by Crippen LogP contribution is -2.32. The predicted octanol–water partition coefficient (Wildman–Crippen LogP) is 5.54. The predicted molar refractivity (Wildman–Crippen MR) is 84.6 cm³/mol. The Bertz CT molecular complexity index is 445. The van der Waals surface area contributed by atoms with Crippen LogP contribution in [0.5, 0.6) is 0 Å². The summed E-state index contributed by atoms with van der Waals surface area (Å²) < 4.78 is 13.1. The molecule has 0 heterocycles. The fourth-order valence-electron chi connectivity index (χ4n) is 3.32. The Morgan fingerprint density at radius 3 is 2.40 bits per heavy atom. The van der Waals surface area contributed by atoms with Gasteiger partial charge in [-0.3, -0.25) is 0 Å². The minimum Gasteiger partial charge on any atom is -0.382 e. The van der Waals surface area contributed by atoms with Crippen LogP contribution in [0.15, 0.2) is 18.2 Å². The van der Waals surface area contributed by atoms with E-state index in [9.17, 15) is 4.39 Å². The van der Waals surface area contributed by atoms with Crippen molar-refractivity contribution in [2.45, 2.75) is 65.8 Å². The van der Waals surface area contributed by atoms with E-state index in [0.717, 1.165) is 17.2 Å². The number of rotatable bonds is 4. The highest BCUT2D eigenvalue weighted by Crippen LogP contribution is 2.41. The zero-order valence-electron chi connectivity index (χ0n) is 13.3. The van der Waals surface area contributed by atoms with Gasteiger partial charge in [0.1, 0.15) is 5.82 Å². The van der Waals surface area contributed by atoms with E-state index in [0.29, 0.717) is 11.5 Å². The summed E-state index contributed by atoms with van der Waals surface area (Å²) in [5.74, 6) is 0.696. The molecule has 2 rings (SSSR count). The highest BCUT2D eigenvalue weighted by molar-refractivity contribution is 5.51. The molecule has 0 radical (unpaired) electrons. The van der Waals surface area contributed by atoms with Crippen molar-refractivity contribution in [2.75, 3.05) is 5.32 Å². The number of aryl methyl sites for hydroxylation is 1. The molecule has 1 aromatic rings. The first kappa shape index (κ1) is 15.3. The van der Waals surface area contributed by atoms with Crippen molar-refractivity contribution in [1.29, 1.82) is 0 Å². The van der Waals surface area contributed by atoms with Gasteiger partial charge in [0.15, 0.2) is 0 Å². The van der Waals surface area contributed by atoms with Gasteiger partial charge in [-0.15, -0.1) is 0 Å². The smallest absolute Gasteiger partial charge is 0.123 e. The lowest BCUT2D eigenvalue weighted by Gasteiger charge is -2.39. The van der Waals surface area contributed by atoms with Gasteiger partial charge in [0, 0.05) is 11.7 Å². The first-order chi connectivity index (χ1) is 9.42. The number of nitrogens with one attached hydrogen (secondary N) is 1. The molecule has 1 aliphatic rings. The molecule has 112 valence electrons. The van der Waals surface area contributed by atoms with Crippen LogP contribution in [0, 0.1) is 24.1 Å². The van der Waals surface area contributed by atoms with Gasteiger partial charge in [-0.1, -0.05) is 27.2 Å². The Labute approximate surface area is 123 Å². The van der Waals surface area contributed by atoms with Crippen molar-refractivity contribution < 1.29 is 4.39 Å². The van der Waals surface area contributed by atoms with Gasteiger partial charge >= 0.3 is 0 Å². The third-order valence-corrected chi connectivity index (χ3v) is 5.29. The maximum atomic E-state index is 13.1. The lowest BCUT2D eigenvalue weighted by atomic mass is 9.69. The van der Waals surface area contributed by atoms with E-state index < -0.39 is 0 Å². The third-order valence-electron chi connectivity index (χ3n) is 5.29. The molecule has 20 heavy (non-hydrogen) atoms. The van der Waals surface area contributed by atoms with Crippen molar-refractivity contribution in [1.82, 2.24) is 0 Å². The molecule has 0 spiro atoms. The van der Waals surface area contributed by atoms with Crippen LogP contribution < -0.4 is 5.32 Å². The molecule has 0 saturated heterocycles. The number of benzene rings is 1. The number of anilines is 1. The molecule has 1 aromatic carbocycles. The lowest BCUT2D eigenvalue weighted by molar-refractivity contribution is 0.147. The largest absolute Gasteiger partial charge is 0.382 e. The molecule has 1 N–H and O–H groups in total. The Kier molecular flexibility index (Phi) is 4.72. The van der Waals surface area contributed by atoms with Crippen LogP contribution in [0.2, 0.25) is 0 Å². The summed E-state index contributed by atoms with van der Waals surface area (Å²) in [6, 6.07) is 5.56. The van der Waals surface area contributed by atoms with E-state index in [1.54, 1.807) is 12.1 Å². The quantitative estimate of drug-likeness (QED) is 0.761. The summed E-state index contributed by atoms with van der Waals surface area (Å²) in [7, 11) is 0. The Hall–Kier alpha value is -1.05. The minimum atomic E-state index is -0.151. The summed E-state index contributed by atoms with van der Waals surface area (Å²) in [5, 5.41) is 3.60. The van der Waals surface area contributed by atoms with Crippen LogP contribution in [0.25, 0.3) is 0 Å². The molecule has 0 amide bonds. The second-order valence-electron chi connectivity index (χ2n) is 6.99. The average Bonchev–Trinajstić information content (AvgIpc) is 2.42. The summed E-state index contributed by atoms with van der Waals surface area (Å²) >= 11 is 0. The summed E-state index contributed by atoms with van der Waals surface area (Å²) in [5.41, 5.74) is 2.56. The molecule has 1 nitrogen and oxygen atoms in total. The van der Waals surface area contributed by atoms with Crippen molar-refractivity contribution in [2.24, 2.45) is 11.3 Å². The summed E-state index contributed by atoms with van der Waals surface area (Å²) in [6.45, 7) is 9.06. The molecular weight excluding hydrogens is 249 g/mol. The average molecular weight is 277 g/mol. The number of hydrogen-bond donors (Lipinski definition) is 1. The van der Waals surface area contributed by atoms with Crippen LogP contribution in [0.1, 0.15) is 58.4 Å². The van der Waals surface area contributed by atoms with E-state index in [4.69, 9.17) is 0 Å². The maximum Gasteiger partial charge on any atom is 0.123 e. The van der Waals surface area contributed by atoms with Crippen LogP contribution in [0.3, 0.4) is 0 Å². The Morgan fingerprint density at radius 1 is 1.20 bits per heavy atom. The van der Waals surface area contributed by atoms with Crippen LogP contribution in [-0.4, -0.2) is 6.04 Å². The van der Waals surface area contributed by atoms with Crippen molar-refractivity contribution >= 4 is 5.69 Å². The van der Waals surface area contributed by atoms with Gasteiger partial charge < -0.3 is 5.32 Å². The van der Waals surface area contributed by atoms with Crippen molar-refractivity contribution in [3.63, 3.8) is 0 Å². The fourth-order valence-corrected chi connectivity index (χ4v) is 3.32. The minimum absolute atomic E-state index is 0.151. The van der Waals surface area contributed by atoms with Gasteiger partial charge in [0.05, 0.1) is 0 Å². The molecule has 0 atom stereocenters. The normalized spacial score (nSPS) is 23.6. The molecule has 0 aliphatic heterocycles. The number of halogens is 1. The Balaban J connectivity index is 1.91. The van der Waals surface area contributed by atoms with Crippen LogP contribution in [0.4, 0.5) is 10.1 Å². The topological polar surface area (TPSA) is 12.0 Å². The zero-order valence-corrected chi connectivity index (χ0v) is 13.3. The van der Waals surface area contributed by atoms with Gasteiger partial charge in [0.2, 0.25) is 0 Å². The highest BCUT2D eigenvalue weighted by Gasteiger charge is 2.31. The number of hydrogen-bond acceptors (Lipinski definition) is 1. The molecule has 1 saturated carbocycles. The third kappa shape index (κ3) is 3.53. The molecule has 1 fully saturated rings. The van der Waals surface area contributed by atoms with Crippen LogP contribution >= 0.6 is 0 Å². The van der Waals surface area contributed by atoms with Gasteiger partial charge in [-0.25, -0.2) is 4.39 Å². The van der Waals surface area contributed by atoms with Crippen molar-refractivity contribution in [3.05, 3.63) is 29.6 Å². The van der Waals surface area contributed by atoms with Crippen molar-refractivity contribution in [3.8, 4) is 0 Å². The van der Waals surface area contributed by atoms with Gasteiger partial charge in [0.25, 0.3) is 0 Å². The van der Waals surface area contributed by atoms with E-state index in [1.807, 2.05) is 13.0 Å². The van der Waals surface area contributed by atoms with E-state index in [2.05, 4.69) is 26.1 Å². The first-order valence-electron chi connectivity index (χ1n) is 7.95. The fraction of sp³-hybridized carbons (Fsp3) is 0.667. The first-order valence-corrected chi connectivity index (χ1v) is 7.95. The van der Waals surface area contributed by atoms with E-state index in [-0.39, 0.29) is 5.82 Å². The molecule has 0 aromatic heterocycles. The van der Waals surface area contributed by atoms with Gasteiger partial charge in [-0.05, 0) is 67.7 Å². The van der Waals surface area contributed by atoms with Gasteiger partial charge in [-0.2, -0.15) is 0 Å². The Morgan fingerprint density at radius 2 is 1.85 bits per heavy atom. The molecule has 0 unspecified atom stereocenters. The maximum absolute atomic E-state index is 13.1. The molecular formula is C18H28FN. The molecule has 1 aliphatic carbocycles. The second kappa shape index (κ2) is 6.15. The molecule has 0 bridgehead atoms. The molecule has 2 heteroatoms. The second-order valence-corrected chi connectivity index (χ2v) is 6.99. The summed E-state index contributed by atoms with van der Waals surface area (Å²) in [6.07, 6.45) is 6.32. The highest BCUT2D eigenvalue weighted by atomic mass is 19.1. The van der Waals surface area contributed by atoms with E-state index >= 15 is 0 Å². The SMILES string of the molecule is CCC(C)(C)C1CCC(Nc2ccc(F)cc2C)CC1. The standard InChI is InChI=1S/C18H28FN/c1-5-18(3,4)14-6-9-16(10-7-14)20-17-11-8-15(19)12-13(17)2/h8,11-12,14,16,20H,5-7,9-10H2,1-4H3. The van der Waals surface area contributed by atoms with E-state index in [1.165, 1.54) is 32.1 Å².